The Morgan fingerprint density at radius 1 is 0.952 bits per heavy atom. The summed E-state index contributed by atoms with van der Waals surface area (Å²) in [5.41, 5.74) is 0.172. The van der Waals surface area contributed by atoms with E-state index in [1.54, 1.807) is 0 Å². The van der Waals surface area contributed by atoms with E-state index in [-0.39, 0.29) is 5.41 Å². The maximum absolute atomic E-state index is 12.8. The second-order valence-corrected chi connectivity index (χ2v) is 9.35. The zero-order valence-electron chi connectivity index (χ0n) is 14.0. The molecule has 5 rings (SSSR count). The lowest BCUT2D eigenvalue weighted by molar-refractivity contribution is -0.0480. The van der Waals surface area contributed by atoms with Crippen molar-refractivity contribution in [2.24, 2.45) is 29.1 Å². The van der Waals surface area contributed by atoms with Crippen LogP contribution in [0.3, 0.4) is 0 Å². The number of carbonyl (C=O) groups excluding carboxylic acids is 1. The molecule has 0 unspecified atom stereocenters. The fraction of sp³-hybridized carbons (Fsp3) is 0.944. The monoisotopic (exact) mass is 290 g/mol. The maximum Gasteiger partial charge on any atom is 0.320 e. The van der Waals surface area contributed by atoms with Gasteiger partial charge in [-0.05, 0) is 61.2 Å². The van der Waals surface area contributed by atoms with Crippen LogP contribution >= 0.6 is 0 Å². The van der Waals surface area contributed by atoms with E-state index in [0.29, 0.717) is 18.1 Å². The fourth-order valence-electron chi connectivity index (χ4n) is 6.23. The van der Waals surface area contributed by atoms with Crippen LogP contribution < -0.4 is 0 Å². The van der Waals surface area contributed by atoms with E-state index in [0.717, 1.165) is 30.2 Å². The van der Waals surface area contributed by atoms with Crippen molar-refractivity contribution in [1.82, 2.24) is 9.80 Å². The molecule has 1 aliphatic heterocycles. The number of urea groups is 1. The van der Waals surface area contributed by atoms with E-state index in [2.05, 4.69) is 25.7 Å². The molecule has 1 atom stereocenters. The van der Waals surface area contributed by atoms with Crippen molar-refractivity contribution >= 4 is 6.03 Å². The Labute approximate surface area is 129 Å². The predicted octanol–water partition coefficient (Wildman–Crippen LogP) is 3.59. The van der Waals surface area contributed by atoms with Gasteiger partial charge in [0.15, 0.2) is 0 Å². The minimum atomic E-state index is 0.172. The first-order chi connectivity index (χ1) is 9.84. The molecule has 2 amide bonds. The van der Waals surface area contributed by atoms with Gasteiger partial charge in [-0.1, -0.05) is 20.8 Å². The second kappa shape index (κ2) is 4.39. The Hall–Kier alpha value is -0.730. The first-order valence-electron chi connectivity index (χ1n) is 8.88. The lowest BCUT2D eigenvalue weighted by Crippen LogP contribution is -2.56. The van der Waals surface area contributed by atoms with Crippen LogP contribution in [0.25, 0.3) is 0 Å². The molecular weight excluding hydrogens is 260 g/mol. The molecule has 21 heavy (non-hydrogen) atoms. The minimum absolute atomic E-state index is 0.172. The van der Waals surface area contributed by atoms with Crippen LogP contribution in [0, 0.1) is 29.1 Å². The van der Waals surface area contributed by atoms with Crippen molar-refractivity contribution in [3.63, 3.8) is 0 Å². The van der Waals surface area contributed by atoms with Crippen LogP contribution in [0.15, 0.2) is 0 Å². The molecule has 0 spiro atoms. The number of rotatable bonds is 1. The third-order valence-electron chi connectivity index (χ3n) is 6.92. The van der Waals surface area contributed by atoms with E-state index in [1.807, 2.05) is 11.9 Å². The van der Waals surface area contributed by atoms with Gasteiger partial charge in [-0.3, -0.25) is 0 Å². The number of amides is 2. The van der Waals surface area contributed by atoms with Crippen LogP contribution in [-0.4, -0.2) is 41.5 Å². The number of likely N-dealkylation sites (N-methyl/N-ethyl adjacent to an activating group) is 1. The van der Waals surface area contributed by atoms with Crippen LogP contribution in [0.4, 0.5) is 4.79 Å². The summed E-state index contributed by atoms with van der Waals surface area (Å²) < 4.78 is 0. The first-order valence-corrected chi connectivity index (χ1v) is 8.88. The SMILES string of the molecule is CN1C(=O)N(C2C3CC4CC(C3)CC2C4)C[C@@H]1C(C)(C)C. The molecular formula is C18H30N2O. The molecule has 0 radical (unpaired) electrons. The van der Waals surface area contributed by atoms with E-state index in [9.17, 15) is 4.79 Å². The van der Waals surface area contributed by atoms with Gasteiger partial charge in [-0.2, -0.15) is 0 Å². The van der Waals surface area contributed by atoms with Crippen molar-refractivity contribution in [2.45, 2.75) is 65.0 Å². The summed E-state index contributed by atoms with van der Waals surface area (Å²) in [5.74, 6) is 3.57. The number of hydrogen-bond acceptors (Lipinski definition) is 1. The molecule has 3 heteroatoms. The predicted molar refractivity (Wildman–Crippen MR) is 83.9 cm³/mol. The van der Waals surface area contributed by atoms with Crippen LogP contribution in [0.2, 0.25) is 0 Å². The molecule has 5 fully saturated rings. The standard InChI is InChI=1S/C18H30N2O/c1-18(2,3)15-10-20(17(21)19(15)4)16-13-6-11-5-12(8-13)9-14(16)7-11/h11-16H,5-10H2,1-4H3/t11?,12?,13?,14?,15-,16?/m1/s1. The quantitative estimate of drug-likeness (QED) is 0.724. The average molecular weight is 290 g/mol. The highest BCUT2D eigenvalue weighted by molar-refractivity contribution is 5.77. The van der Waals surface area contributed by atoms with Crippen LogP contribution in [0.5, 0.6) is 0 Å². The molecule has 0 aromatic rings. The van der Waals surface area contributed by atoms with Gasteiger partial charge in [0, 0.05) is 19.6 Å². The molecule has 4 bridgehead atoms. The molecule has 5 aliphatic rings. The topological polar surface area (TPSA) is 23.6 Å². The number of hydrogen-bond donors (Lipinski definition) is 0. The Kier molecular flexibility index (Phi) is 2.91. The lowest BCUT2D eigenvalue weighted by Gasteiger charge is -2.56. The van der Waals surface area contributed by atoms with Gasteiger partial charge in [0.1, 0.15) is 0 Å². The van der Waals surface area contributed by atoms with E-state index in [1.165, 1.54) is 32.1 Å². The molecule has 118 valence electrons. The van der Waals surface area contributed by atoms with Crippen molar-refractivity contribution < 1.29 is 4.79 Å². The zero-order chi connectivity index (χ0) is 14.9. The normalized spacial score (nSPS) is 45.8. The van der Waals surface area contributed by atoms with Gasteiger partial charge in [-0.15, -0.1) is 0 Å². The van der Waals surface area contributed by atoms with Crippen molar-refractivity contribution in [3.05, 3.63) is 0 Å². The van der Waals surface area contributed by atoms with Gasteiger partial charge >= 0.3 is 6.03 Å². The molecule has 1 saturated heterocycles. The highest BCUT2D eigenvalue weighted by Gasteiger charge is 2.54. The van der Waals surface area contributed by atoms with Crippen molar-refractivity contribution in [2.75, 3.05) is 13.6 Å². The second-order valence-electron chi connectivity index (χ2n) is 9.35. The molecule has 1 heterocycles. The van der Waals surface area contributed by atoms with E-state index < -0.39 is 0 Å². The summed E-state index contributed by atoms with van der Waals surface area (Å²) in [6.45, 7) is 7.75. The molecule has 0 aromatic heterocycles. The third-order valence-corrected chi connectivity index (χ3v) is 6.92. The Morgan fingerprint density at radius 3 is 1.90 bits per heavy atom. The summed E-state index contributed by atoms with van der Waals surface area (Å²) in [6, 6.07) is 1.22. The van der Waals surface area contributed by atoms with Gasteiger partial charge in [-0.25, -0.2) is 4.79 Å². The molecule has 4 saturated carbocycles. The largest absolute Gasteiger partial charge is 0.322 e. The Balaban J connectivity index is 1.58. The third kappa shape index (κ3) is 2.03. The smallest absolute Gasteiger partial charge is 0.320 e. The van der Waals surface area contributed by atoms with Crippen LogP contribution in [-0.2, 0) is 0 Å². The summed E-state index contributed by atoms with van der Waals surface area (Å²) in [6.07, 6.45) is 7.06. The van der Waals surface area contributed by atoms with Gasteiger partial charge < -0.3 is 9.80 Å². The highest BCUT2D eigenvalue weighted by atomic mass is 16.2. The van der Waals surface area contributed by atoms with Gasteiger partial charge in [0.05, 0.1) is 6.04 Å². The fourth-order valence-corrected chi connectivity index (χ4v) is 6.23. The van der Waals surface area contributed by atoms with Crippen molar-refractivity contribution in [3.8, 4) is 0 Å². The van der Waals surface area contributed by atoms with Crippen LogP contribution in [0.1, 0.15) is 52.9 Å². The molecule has 0 N–H and O–H groups in total. The highest BCUT2D eigenvalue weighted by Crippen LogP contribution is 2.55. The van der Waals surface area contributed by atoms with Gasteiger partial charge in [0.2, 0.25) is 0 Å². The average Bonchev–Trinajstić information content (AvgIpc) is 2.66. The summed E-state index contributed by atoms with van der Waals surface area (Å²) in [7, 11) is 2.01. The first kappa shape index (κ1) is 13.9. The Morgan fingerprint density at radius 2 is 1.48 bits per heavy atom. The minimum Gasteiger partial charge on any atom is -0.322 e. The molecule has 0 aromatic carbocycles. The number of carbonyl (C=O) groups is 1. The lowest BCUT2D eigenvalue weighted by atomic mass is 9.54. The van der Waals surface area contributed by atoms with E-state index in [4.69, 9.17) is 0 Å². The van der Waals surface area contributed by atoms with Crippen molar-refractivity contribution in [1.29, 1.82) is 0 Å². The van der Waals surface area contributed by atoms with Gasteiger partial charge in [0.25, 0.3) is 0 Å². The summed E-state index contributed by atoms with van der Waals surface area (Å²) in [5, 5.41) is 0. The number of nitrogens with zero attached hydrogens (tertiary/aromatic N) is 2. The maximum atomic E-state index is 12.8. The van der Waals surface area contributed by atoms with E-state index >= 15 is 0 Å². The molecule has 4 aliphatic carbocycles. The summed E-state index contributed by atoms with van der Waals surface area (Å²) in [4.78, 5) is 17.1. The Bertz CT molecular complexity index is 425. The zero-order valence-corrected chi connectivity index (χ0v) is 14.0. The molecule has 3 nitrogen and oxygen atoms in total. The summed E-state index contributed by atoms with van der Waals surface area (Å²) >= 11 is 0.